The summed E-state index contributed by atoms with van der Waals surface area (Å²) in [5, 5.41) is 0. The number of hydrogen-bond donors (Lipinski definition) is 1. The highest BCUT2D eigenvalue weighted by molar-refractivity contribution is 7.90. The zero-order valence-corrected chi connectivity index (χ0v) is 10.4. The van der Waals surface area contributed by atoms with Gasteiger partial charge in [0.15, 0.2) is 0 Å². The molecule has 0 aliphatic heterocycles. The number of nitrogens with zero attached hydrogens (tertiary/aromatic N) is 1. The summed E-state index contributed by atoms with van der Waals surface area (Å²) in [7, 11) is -0.863. The van der Waals surface area contributed by atoms with E-state index in [1.165, 1.54) is 6.26 Å². The topological polar surface area (TPSA) is 63.4 Å². The lowest BCUT2D eigenvalue weighted by atomic mass is 10.0. The third-order valence-electron chi connectivity index (χ3n) is 2.54. The van der Waals surface area contributed by atoms with E-state index in [1.54, 1.807) is 0 Å². The van der Waals surface area contributed by atoms with E-state index in [9.17, 15) is 8.42 Å². The Balaban J connectivity index is 3.92. The van der Waals surface area contributed by atoms with Gasteiger partial charge in [-0.15, -0.1) is 0 Å². The van der Waals surface area contributed by atoms with Gasteiger partial charge in [0, 0.05) is 18.3 Å². The minimum atomic E-state index is -2.83. The van der Waals surface area contributed by atoms with Gasteiger partial charge in [-0.3, -0.25) is 4.90 Å². The average molecular weight is 222 g/mol. The molecule has 86 valence electrons. The van der Waals surface area contributed by atoms with E-state index in [-0.39, 0.29) is 11.3 Å². The summed E-state index contributed by atoms with van der Waals surface area (Å²) in [5.41, 5.74) is 5.55. The molecule has 0 unspecified atom stereocenters. The number of sulfone groups is 1. The molecule has 0 saturated heterocycles. The van der Waals surface area contributed by atoms with E-state index < -0.39 is 9.84 Å². The van der Waals surface area contributed by atoms with E-state index in [0.717, 1.165) is 6.54 Å². The molecule has 0 fully saturated rings. The summed E-state index contributed by atoms with van der Waals surface area (Å²) in [4.78, 5) is 2.10. The summed E-state index contributed by atoms with van der Waals surface area (Å²) in [6.45, 7) is 5.43. The highest BCUT2D eigenvalue weighted by Gasteiger charge is 2.20. The van der Waals surface area contributed by atoms with Crippen LogP contribution in [-0.4, -0.2) is 51.0 Å². The first-order valence-corrected chi connectivity index (χ1v) is 6.84. The summed E-state index contributed by atoms with van der Waals surface area (Å²) >= 11 is 0. The highest BCUT2D eigenvalue weighted by Crippen LogP contribution is 2.10. The van der Waals surface area contributed by atoms with Crippen molar-refractivity contribution in [2.75, 3.05) is 32.1 Å². The Bertz CT molecular complexity index is 260. The maximum absolute atomic E-state index is 10.9. The largest absolute Gasteiger partial charge is 0.329 e. The fourth-order valence-electron chi connectivity index (χ4n) is 1.02. The SMILES string of the molecule is CN(CCCS(C)(=O)=O)C(C)(C)CN. The van der Waals surface area contributed by atoms with Gasteiger partial charge in [-0.05, 0) is 33.9 Å². The van der Waals surface area contributed by atoms with Crippen LogP contribution in [0.1, 0.15) is 20.3 Å². The first-order chi connectivity index (χ1) is 6.19. The van der Waals surface area contributed by atoms with Crippen molar-refractivity contribution >= 4 is 9.84 Å². The third kappa shape index (κ3) is 5.57. The van der Waals surface area contributed by atoms with Crippen LogP contribution in [0.2, 0.25) is 0 Å². The smallest absolute Gasteiger partial charge is 0.147 e. The molecule has 0 aliphatic rings. The molecule has 5 heteroatoms. The normalized spacial score (nSPS) is 13.6. The zero-order valence-electron chi connectivity index (χ0n) is 9.58. The summed E-state index contributed by atoms with van der Waals surface area (Å²) in [6, 6.07) is 0. The maximum Gasteiger partial charge on any atom is 0.147 e. The predicted molar refractivity (Wildman–Crippen MR) is 60.1 cm³/mol. The van der Waals surface area contributed by atoms with E-state index >= 15 is 0 Å². The molecule has 0 amide bonds. The highest BCUT2D eigenvalue weighted by atomic mass is 32.2. The van der Waals surface area contributed by atoms with Crippen molar-refractivity contribution in [2.45, 2.75) is 25.8 Å². The van der Waals surface area contributed by atoms with Crippen LogP contribution in [0.25, 0.3) is 0 Å². The second kappa shape index (κ2) is 5.09. The molecule has 4 nitrogen and oxygen atoms in total. The van der Waals surface area contributed by atoms with Crippen LogP contribution in [0.15, 0.2) is 0 Å². The Labute approximate surface area is 87.4 Å². The Morgan fingerprint density at radius 1 is 1.36 bits per heavy atom. The Morgan fingerprint density at radius 3 is 2.21 bits per heavy atom. The van der Waals surface area contributed by atoms with Gasteiger partial charge in [-0.2, -0.15) is 0 Å². The van der Waals surface area contributed by atoms with Crippen molar-refractivity contribution in [2.24, 2.45) is 5.73 Å². The van der Waals surface area contributed by atoms with Crippen LogP contribution in [-0.2, 0) is 9.84 Å². The lowest BCUT2D eigenvalue weighted by molar-refractivity contribution is 0.164. The summed E-state index contributed by atoms with van der Waals surface area (Å²) in [6.07, 6.45) is 1.93. The minimum Gasteiger partial charge on any atom is -0.329 e. The van der Waals surface area contributed by atoms with Crippen molar-refractivity contribution in [1.29, 1.82) is 0 Å². The van der Waals surface area contributed by atoms with Crippen LogP contribution in [0.4, 0.5) is 0 Å². The molecule has 0 aromatic heterocycles. The molecule has 0 rings (SSSR count). The van der Waals surface area contributed by atoms with Crippen LogP contribution in [0, 0.1) is 0 Å². The molecular weight excluding hydrogens is 200 g/mol. The lowest BCUT2D eigenvalue weighted by Crippen LogP contribution is -2.47. The van der Waals surface area contributed by atoms with Gasteiger partial charge in [0.1, 0.15) is 9.84 Å². The predicted octanol–water partition coefficient (Wildman–Crippen LogP) is 0.0902. The van der Waals surface area contributed by atoms with Crippen molar-refractivity contribution in [1.82, 2.24) is 4.90 Å². The van der Waals surface area contributed by atoms with Crippen LogP contribution < -0.4 is 5.73 Å². The molecule has 0 aliphatic carbocycles. The number of rotatable bonds is 6. The van der Waals surface area contributed by atoms with Gasteiger partial charge in [0.05, 0.1) is 5.75 Å². The zero-order chi connectivity index (χ0) is 11.4. The molecule has 0 bridgehead atoms. The van der Waals surface area contributed by atoms with Crippen molar-refractivity contribution in [3.8, 4) is 0 Å². The van der Waals surface area contributed by atoms with Crippen LogP contribution in [0.5, 0.6) is 0 Å². The second-order valence-corrected chi connectivity index (χ2v) is 6.68. The fraction of sp³-hybridized carbons (Fsp3) is 1.00. The minimum absolute atomic E-state index is 0.0580. The Hall–Kier alpha value is -0.130. The van der Waals surface area contributed by atoms with Crippen molar-refractivity contribution in [3.63, 3.8) is 0 Å². The fourth-order valence-corrected chi connectivity index (χ4v) is 1.68. The first-order valence-electron chi connectivity index (χ1n) is 4.78. The monoisotopic (exact) mass is 222 g/mol. The maximum atomic E-state index is 10.9. The Kier molecular flexibility index (Phi) is 5.05. The second-order valence-electron chi connectivity index (χ2n) is 4.42. The molecule has 0 radical (unpaired) electrons. The molecule has 0 aromatic carbocycles. The van der Waals surface area contributed by atoms with Crippen molar-refractivity contribution < 1.29 is 8.42 Å². The summed E-state index contributed by atoms with van der Waals surface area (Å²) < 4.78 is 21.8. The van der Waals surface area contributed by atoms with E-state index in [0.29, 0.717) is 13.0 Å². The van der Waals surface area contributed by atoms with Gasteiger partial charge in [-0.25, -0.2) is 8.42 Å². The molecular formula is C9H22N2O2S. The van der Waals surface area contributed by atoms with E-state index in [2.05, 4.69) is 4.90 Å². The molecule has 14 heavy (non-hydrogen) atoms. The van der Waals surface area contributed by atoms with Gasteiger partial charge < -0.3 is 5.73 Å². The standard InChI is InChI=1S/C9H22N2O2S/c1-9(2,8-10)11(3)6-5-7-14(4,12)13/h5-8,10H2,1-4H3. The molecule has 0 spiro atoms. The van der Waals surface area contributed by atoms with Gasteiger partial charge >= 0.3 is 0 Å². The quantitative estimate of drug-likeness (QED) is 0.692. The molecule has 0 atom stereocenters. The molecule has 0 saturated carbocycles. The first kappa shape index (κ1) is 13.9. The van der Waals surface area contributed by atoms with Crippen LogP contribution >= 0.6 is 0 Å². The Morgan fingerprint density at radius 2 is 1.86 bits per heavy atom. The van der Waals surface area contributed by atoms with E-state index in [4.69, 9.17) is 5.73 Å². The summed E-state index contributed by atoms with van der Waals surface area (Å²) in [5.74, 6) is 0.248. The van der Waals surface area contributed by atoms with Gasteiger partial charge in [-0.1, -0.05) is 0 Å². The van der Waals surface area contributed by atoms with Crippen molar-refractivity contribution in [3.05, 3.63) is 0 Å². The van der Waals surface area contributed by atoms with E-state index in [1.807, 2.05) is 20.9 Å². The molecule has 0 heterocycles. The van der Waals surface area contributed by atoms with Gasteiger partial charge in [0.2, 0.25) is 0 Å². The molecule has 0 aromatic rings. The number of hydrogen-bond acceptors (Lipinski definition) is 4. The van der Waals surface area contributed by atoms with Crippen LogP contribution in [0.3, 0.4) is 0 Å². The molecule has 2 N–H and O–H groups in total. The number of likely N-dealkylation sites (N-methyl/N-ethyl adjacent to an activating group) is 1. The lowest BCUT2D eigenvalue weighted by Gasteiger charge is -2.34. The average Bonchev–Trinajstić information content (AvgIpc) is 2.02. The van der Waals surface area contributed by atoms with Gasteiger partial charge in [0.25, 0.3) is 0 Å². The number of nitrogens with two attached hydrogens (primary N) is 1. The third-order valence-corrected chi connectivity index (χ3v) is 3.57.